The molecule has 9 heteroatoms. The predicted octanol–water partition coefficient (Wildman–Crippen LogP) is 2.79. The normalized spacial score (nSPS) is 12.9. The molecule has 2 amide bonds. The van der Waals surface area contributed by atoms with E-state index in [1.165, 1.54) is 24.3 Å². The van der Waals surface area contributed by atoms with E-state index in [4.69, 9.17) is 11.6 Å². The largest absolute Gasteiger partial charge is 0.352 e. The third kappa shape index (κ3) is 6.00. The van der Waals surface area contributed by atoms with Crippen molar-refractivity contribution in [3.63, 3.8) is 0 Å². The SMILES string of the molecule is CC(NC(=O)c1cccc([N+](=O)[O-])c1)C(=O)NCC(c1ccccc1Cl)N(C)C. The van der Waals surface area contributed by atoms with Gasteiger partial charge in [-0.15, -0.1) is 0 Å². The molecule has 0 spiro atoms. The lowest BCUT2D eigenvalue weighted by atomic mass is 10.1. The monoisotopic (exact) mass is 418 g/mol. The molecule has 0 heterocycles. The molecule has 2 aromatic rings. The van der Waals surface area contributed by atoms with Crippen molar-refractivity contribution < 1.29 is 14.5 Å². The number of hydrogen-bond acceptors (Lipinski definition) is 5. The first-order valence-corrected chi connectivity index (χ1v) is 9.32. The molecule has 2 N–H and O–H groups in total. The first-order valence-electron chi connectivity index (χ1n) is 8.94. The van der Waals surface area contributed by atoms with Gasteiger partial charge in [-0.25, -0.2) is 0 Å². The lowest BCUT2D eigenvalue weighted by Gasteiger charge is -2.26. The zero-order valence-corrected chi connectivity index (χ0v) is 17.1. The number of carbonyl (C=O) groups is 2. The molecule has 0 saturated carbocycles. The van der Waals surface area contributed by atoms with Crippen LogP contribution in [0.15, 0.2) is 48.5 Å². The molecule has 154 valence electrons. The van der Waals surface area contributed by atoms with Gasteiger partial charge in [-0.3, -0.25) is 19.7 Å². The van der Waals surface area contributed by atoms with E-state index in [1.54, 1.807) is 13.0 Å². The third-order valence-corrected chi connectivity index (χ3v) is 4.76. The molecular formula is C20H23ClN4O4. The fourth-order valence-corrected chi connectivity index (χ4v) is 3.03. The summed E-state index contributed by atoms with van der Waals surface area (Å²) in [6, 6.07) is 11.8. The first-order chi connectivity index (χ1) is 13.7. The minimum absolute atomic E-state index is 0.112. The van der Waals surface area contributed by atoms with Crippen LogP contribution in [0.4, 0.5) is 5.69 Å². The molecule has 2 atom stereocenters. The third-order valence-electron chi connectivity index (χ3n) is 4.42. The number of nitro benzene ring substituents is 1. The average Bonchev–Trinajstić information content (AvgIpc) is 2.69. The van der Waals surface area contributed by atoms with Crippen molar-refractivity contribution in [2.24, 2.45) is 0 Å². The molecule has 0 fully saturated rings. The van der Waals surface area contributed by atoms with E-state index in [-0.39, 0.29) is 23.2 Å². The Labute approximate surface area is 174 Å². The molecule has 8 nitrogen and oxygen atoms in total. The second kappa shape index (κ2) is 9.99. The summed E-state index contributed by atoms with van der Waals surface area (Å²) in [5.41, 5.74) is 0.803. The second-order valence-corrected chi connectivity index (χ2v) is 7.16. The van der Waals surface area contributed by atoms with Crippen LogP contribution in [-0.2, 0) is 4.79 Å². The van der Waals surface area contributed by atoms with Gasteiger partial charge in [0.15, 0.2) is 0 Å². The summed E-state index contributed by atoms with van der Waals surface area (Å²) in [6.07, 6.45) is 0. The van der Waals surface area contributed by atoms with Crippen molar-refractivity contribution in [2.45, 2.75) is 19.0 Å². The van der Waals surface area contributed by atoms with Crippen LogP contribution in [0.3, 0.4) is 0 Å². The van der Waals surface area contributed by atoms with Crippen LogP contribution in [0.1, 0.15) is 28.9 Å². The van der Waals surface area contributed by atoms with Crippen molar-refractivity contribution in [2.75, 3.05) is 20.6 Å². The van der Waals surface area contributed by atoms with Gasteiger partial charge in [-0.05, 0) is 38.7 Å². The van der Waals surface area contributed by atoms with E-state index >= 15 is 0 Å². The summed E-state index contributed by atoms with van der Waals surface area (Å²) in [5.74, 6) is -0.936. The molecule has 0 aromatic heterocycles. The fraction of sp³-hybridized carbons (Fsp3) is 0.300. The molecule has 0 aliphatic carbocycles. The Morgan fingerprint density at radius 3 is 2.48 bits per heavy atom. The van der Waals surface area contributed by atoms with Crippen LogP contribution in [0, 0.1) is 10.1 Å². The molecule has 0 saturated heterocycles. The second-order valence-electron chi connectivity index (χ2n) is 6.75. The summed E-state index contributed by atoms with van der Waals surface area (Å²) < 4.78 is 0. The zero-order valence-electron chi connectivity index (χ0n) is 16.4. The van der Waals surface area contributed by atoms with Crippen molar-refractivity contribution in [3.05, 3.63) is 74.8 Å². The Balaban J connectivity index is 1.99. The Morgan fingerprint density at radius 2 is 1.86 bits per heavy atom. The molecule has 0 aliphatic rings. The lowest BCUT2D eigenvalue weighted by molar-refractivity contribution is -0.384. The van der Waals surface area contributed by atoms with Crippen molar-refractivity contribution >= 4 is 29.1 Å². The van der Waals surface area contributed by atoms with E-state index in [0.29, 0.717) is 11.6 Å². The van der Waals surface area contributed by atoms with Crippen LogP contribution in [-0.4, -0.2) is 48.3 Å². The molecule has 0 bridgehead atoms. The Morgan fingerprint density at radius 1 is 1.17 bits per heavy atom. The number of carbonyl (C=O) groups excluding carboxylic acids is 2. The molecule has 2 aromatic carbocycles. The smallest absolute Gasteiger partial charge is 0.270 e. The number of non-ortho nitro benzene ring substituents is 1. The van der Waals surface area contributed by atoms with Gasteiger partial charge in [0, 0.05) is 29.3 Å². The number of likely N-dealkylation sites (N-methyl/N-ethyl adjacent to an activating group) is 1. The molecule has 0 aliphatic heterocycles. The van der Waals surface area contributed by atoms with Crippen LogP contribution >= 0.6 is 11.6 Å². The zero-order chi connectivity index (χ0) is 21.6. The molecule has 2 rings (SSSR count). The van der Waals surface area contributed by atoms with Gasteiger partial charge >= 0.3 is 0 Å². The van der Waals surface area contributed by atoms with E-state index in [9.17, 15) is 19.7 Å². The highest BCUT2D eigenvalue weighted by molar-refractivity contribution is 6.31. The molecule has 29 heavy (non-hydrogen) atoms. The number of nitrogens with zero attached hydrogens (tertiary/aromatic N) is 2. The molecule has 0 radical (unpaired) electrons. The minimum atomic E-state index is -0.823. The Kier molecular flexibility index (Phi) is 7.69. The number of hydrogen-bond donors (Lipinski definition) is 2. The Hall–Kier alpha value is -2.97. The summed E-state index contributed by atoms with van der Waals surface area (Å²) in [6.45, 7) is 1.84. The maximum Gasteiger partial charge on any atom is 0.270 e. The van der Waals surface area contributed by atoms with E-state index in [1.807, 2.05) is 37.2 Å². The van der Waals surface area contributed by atoms with Gasteiger partial charge in [0.2, 0.25) is 5.91 Å². The van der Waals surface area contributed by atoms with Crippen LogP contribution in [0.2, 0.25) is 5.02 Å². The van der Waals surface area contributed by atoms with Crippen LogP contribution in [0.5, 0.6) is 0 Å². The summed E-state index contributed by atoms with van der Waals surface area (Å²) in [7, 11) is 3.77. The fourth-order valence-electron chi connectivity index (χ4n) is 2.77. The standard InChI is InChI=1S/C20H23ClN4O4/c1-13(23-20(27)14-7-6-8-15(11-14)25(28)29)19(26)22-12-18(24(2)3)16-9-4-5-10-17(16)21/h4-11,13,18H,12H2,1-3H3,(H,22,26)(H,23,27). The summed E-state index contributed by atoms with van der Waals surface area (Å²) in [5, 5.41) is 16.8. The number of amides is 2. The quantitative estimate of drug-likeness (QED) is 0.506. The maximum atomic E-state index is 12.4. The number of halogens is 1. The predicted molar refractivity (Wildman–Crippen MR) is 111 cm³/mol. The van der Waals surface area contributed by atoms with Crippen LogP contribution in [0.25, 0.3) is 0 Å². The average molecular weight is 419 g/mol. The minimum Gasteiger partial charge on any atom is -0.352 e. The highest BCUT2D eigenvalue weighted by Gasteiger charge is 2.21. The van der Waals surface area contributed by atoms with Gasteiger partial charge < -0.3 is 15.5 Å². The topological polar surface area (TPSA) is 105 Å². The van der Waals surface area contributed by atoms with Gasteiger partial charge in [0.25, 0.3) is 11.6 Å². The first kappa shape index (κ1) is 22.3. The van der Waals surface area contributed by atoms with Gasteiger partial charge in [-0.1, -0.05) is 35.9 Å². The molecule has 2 unspecified atom stereocenters. The lowest BCUT2D eigenvalue weighted by Crippen LogP contribution is -2.46. The van der Waals surface area contributed by atoms with Gasteiger partial charge in [0.1, 0.15) is 6.04 Å². The summed E-state index contributed by atoms with van der Waals surface area (Å²) in [4.78, 5) is 37.0. The van der Waals surface area contributed by atoms with Crippen molar-refractivity contribution in [1.29, 1.82) is 0 Å². The van der Waals surface area contributed by atoms with E-state index in [2.05, 4.69) is 10.6 Å². The van der Waals surface area contributed by atoms with Crippen molar-refractivity contribution in [1.82, 2.24) is 15.5 Å². The van der Waals surface area contributed by atoms with E-state index < -0.39 is 16.9 Å². The van der Waals surface area contributed by atoms with Gasteiger partial charge in [-0.2, -0.15) is 0 Å². The van der Waals surface area contributed by atoms with Crippen LogP contribution < -0.4 is 10.6 Å². The molecular weight excluding hydrogens is 396 g/mol. The highest BCUT2D eigenvalue weighted by atomic mass is 35.5. The summed E-state index contributed by atoms with van der Waals surface area (Å²) >= 11 is 6.27. The van der Waals surface area contributed by atoms with E-state index in [0.717, 1.165) is 5.56 Å². The number of rotatable bonds is 8. The maximum absolute atomic E-state index is 12.4. The Bertz CT molecular complexity index is 904. The van der Waals surface area contributed by atoms with Gasteiger partial charge in [0.05, 0.1) is 11.0 Å². The van der Waals surface area contributed by atoms with Crippen molar-refractivity contribution in [3.8, 4) is 0 Å². The number of nitrogens with one attached hydrogen (secondary N) is 2. The highest BCUT2D eigenvalue weighted by Crippen LogP contribution is 2.25. The number of nitro groups is 1. The number of benzene rings is 2.